The number of carbonyl (C=O) groups is 1. The van der Waals surface area contributed by atoms with Crippen molar-refractivity contribution < 1.29 is 9.53 Å². The molecule has 0 amide bonds. The first kappa shape index (κ1) is 12.1. The van der Waals surface area contributed by atoms with E-state index in [1.54, 1.807) is 0 Å². The largest absolute Gasteiger partial charge is 0.469 e. The lowest BCUT2D eigenvalue weighted by molar-refractivity contribution is -0.140. The zero-order valence-corrected chi connectivity index (χ0v) is 10.2. The fraction of sp³-hybridized carbons (Fsp3) is 0.500. The van der Waals surface area contributed by atoms with Crippen molar-refractivity contribution in [3.8, 4) is 0 Å². The number of methoxy groups -OCH3 is 1. The molecule has 3 heteroatoms. The molecular weight excluding hydrogens is 214 g/mol. The van der Waals surface area contributed by atoms with Gasteiger partial charge in [0.15, 0.2) is 0 Å². The summed E-state index contributed by atoms with van der Waals surface area (Å²) in [5.41, 5.74) is 8.97. The predicted octanol–water partition coefficient (Wildman–Crippen LogP) is 1.68. The Hall–Kier alpha value is -1.35. The Kier molecular flexibility index (Phi) is 3.79. The van der Waals surface area contributed by atoms with Crippen LogP contribution in [0.5, 0.6) is 0 Å². The van der Waals surface area contributed by atoms with Gasteiger partial charge in [-0.15, -0.1) is 0 Å². The van der Waals surface area contributed by atoms with Crippen molar-refractivity contribution in [3.05, 3.63) is 35.4 Å². The number of nitrogens with two attached hydrogens (primary N) is 1. The zero-order valence-electron chi connectivity index (χ0n) is 10.2. The first-order chi connectivity index (χ1) is 8.20. The molecule has 1 aromatic rings. The Bertz CT molecular complexity index is 378. The van der Waals surface area contributed by atoms with Crippen LogP contribution in [0.4, 0.5) is 0 Å². The Labute approximate surface area is 102 Å². The van der Waals surface area contributed by atoms with Gasteiger partial charge in [-0.3, -0.25) is 4.79 Å². The molecule has 2 N–H and O–H groups in total. The fourth-order valence-electron chi connectivity index (χ4n) is 2.52. The van der Waals surface area contributed by atoms with E-state index in [1.807, 2.05) is 0 Å². The number of esters is 1. The number of carbonyl (C=O) groups excluding carboxylic acids is 1. The molecule has 0 heterocycles. The molecule has 0 spiro atoms. The summed E-state index contributed by atoms with van der Waals surface area (Å²) in [4.78, 5) is 11.1. The van der Waals surface area contributed by atoms with Gasteiger partial charge < -0.3 is 10.5 Å². The lowest BCUT2D eigenvalue weighted by atomic mass is 9.94. The Balaban J connectivity index is 1.87. The van der Waals surface area contributed by atoms with E-state index in [0.717, 1.165) is 12.8 Å². The molecule has 1 aromatic carbocycles. The van der Waals surface area contributed by atoms with Crippen molar-refractivity contribution in [2.24, 2.45) is 11.7 Å². The van der Waals surface area contributed by atoms with Crippen LogP contribution < -0.4 is 5.73 Å². The van der Waals surface area contributed by atoms with Crippen LogP contribution in [0.1, 0.15) is 24.0 Å². The van der Waals surface area contributed by atoms with E-state index in [0.29, 0.717) is 18.8 Å². The zero-order chi connectivity index (χ0) is 12.3. The van der Waals surface area contributed by atoms with E-state index in [-0.39, 0.29) is 12.0 Å². The normalized spacial score (nSPS) is 16.6. The smallest absolute Gasteiger partial charge is 0.305 e. The molecule has 2 rings (SSSR count). The summed E-state index contributed by atoms with van der Waals surface area (Å²) in [7, 11) is 1.42. The molecule has 92 valence electrons. The van der Waals surface area contributed by atoms with Gasteiger partial charge in [0.2, 0.25) is 0 Å². The SMILES string of the molecule is COC(=O)CCC(N)C1Cc2ccccc2C1. The highest BCUT2D eigenvalue weighted by Gasteiger charge is 2.26. The van der Waals surface area contributed by atoms with E-state index in [4.69, 9.17) is 5.73 Å². The maximum Gasteiger partial charge on any atom is 0.305 e. The van der Waals surface area contributed by atoms with Crippen LogP contribution in [-0.2, 0) is 22.4 Å². The number of rotatable bonds is 4. The molecular formula is C14H19NO2. The van der Waals surface area contributed by atoms with E-state index < -0.39 is 0 Å². The Morgan fingerprint density at radius 2 is 2.00 bits per heavy atom. The molecule has 0 aliphatic heterocycles. The number of fused-ring (bicyclic) bond motifs is 1. The number of hydrogen-bond donors (Lipinski definition) is 1. The highest BCUT2D eigenvalue weighted by molar-refractivity contribution is 5.69. The molecule has 0 aromatic heterocycles. The third-order valence-electron chi connectivity index (χ3n) is 3.60. The minimum atomic E-state index is -0.170. The maximum atomic E-state index is 11.1. The van der Waals surface area contributed by atoms with Crippen LogP contribution in [0.15, 0.2) is 24.3 Å². The van der Waals surface area contributed by atoms with Crippen molar-refractivity contribution in [2.75, 3.05) is 7.11 Å². The van der Waals surface area contributed by atoms with Gasteiger partial charge in [-0.25, -0.2) is 0 Å². The van der Waals surface area contributed by atoms with Gasteiger partial charge in [-0.05, 0) is 36.3 Å². The number of hydrogen-bond acceptors (Lipinski definition) is 3. The minimum absolute atomic E-state index is 0.0847. The average molecular weight is 233 g/mol. The third kappa shape index (κ3) is 2.86. The lowest BCUT2D eigenvalue weighted by Gasteiger charge is -2.18. The lowest BCUT2D eigenvalue weighted by Crippen LogP contribution is -2.31. The van der Waals surface area contributed by atoms with Gasteiger partial charge >= 0.3 is 5.97 Å². The van der Waals surface area contributed by atoms with E-state index >= 15 is 0 Å². The molecule has 1 unspecified atom stereocenters. The quantitative estimate of drug-likeness (QED) is 0.805. The predicted molar refractivity (Wildman–Crippen MR) is 66.6 cm³/mol. The first-order valence-corrected chi connectivity index (χ1v) is 6.10. The minimum Gasteiger partial charge on any atom is -0.469 e. The summed E-state index contributed by atoms with van der Waals surface area (Å²) >= 11 is 0. The van der Waals surface area contributed by atoms with E-state index in [1.165, 1.54) is 18.2 Å². The second-order valence-electron chi connectivity index (χ2n) is 4.72. The third-order valence-corrected chi connectivity index (χ3v) is 3.60. The molecule has 17 heavy (non-hydrogen) atoms. The van der Waals surface area contributed by atoms with Crippen LogP contribution >= 0.6 is 0 Å². The van der Waals surface area contributed by atoms with Crippen LogP contribution in [0.25, 0.3) is 0 Å². The summed E-state index contributed by atoms with van der Waals surface area (Å²) in [5, 5.41) is 0. The van der Waals surface area contributed by atoms with Crippen LogP contribution in [0, 0.1) is 5.92 Å². The van der Waals surface area contributed by atoms with Crippen LogP contribution in [0.3, 0.4) is 0 Å². The van der Waals surface area contributed by atoms with E-state index in [2.05, 4.69) is 29.0 Å². The number of benzene rings is 1. The molecule has 0 saturated carbocycles. The van der Waals surface area contributed by atoms with Gasteiger partial charge in [-0.2, -0.15) is 0 Å². The van der Waals surface area contributed by atoms with Crippen molar-refractivity contribution in [1.82, 2.24) is 0 Å². The fourth-order valence-corrected chi connectivity index (χ4v) is 2.52. The van der Waals surface area contributed by atoms with Crippen molar-refractivity contribution >= 4 is 5.97 Å². The van der Waals surface area contributed by atoms with Crippen molar-refractivity contribution in [3.63, 3.8) is 0 Å². The molecule has 3 nitrogen and oxygen atoms in total. The summed E-state index contributed by atoms with van der Waals surface area (Å²) < 4.78 is 4.63. The maximum absolute atomic E-state index is 11.1. The average Bonchev–Trinajstić information content (AvgIpc) is 2.79. The molecule has 0 bridgehead atoms. The van der Waals surface area contributed by atoms with Gasteiger partial charge in [0, 0.05) is 12.5 Å². The summed E-state index contributed by atoms with van der Waals surface area (Å²) in [5.74, 6) is 0.299. The van der Waals surface area contributed by atoms with Crippen molar-refractivity contribution in [2.45, 2.75) is 31.7 Å². The molecule has 1 aliphatic rings. The van der Waals surface area contributed by atoms with E-state index in [9.17, 15) is 4.79 Å². The van der Waals surface area contributed by atoms with Gasteiger partial charge in [0.25, 0.3) is 0 Å². The first-order valence-electron chi connectivity index (χ1n) is 6.10. The Morgan fingerprint density at radius 3 is 2.53 bits per heavy atom. The second kappa shape index (κ2) is 5.32. The molecule has 0 radical (unpaired) electrons. The topological polar surface area (TPSA) is 52.3 Å². The Morgan fingerprint density at radius 1 is 1.41 bits per heavy atom. The molecule has 0 fully saturated rings. The second-order valence-corrected chi connectivity index (χ2v) is 4.72. The van der Waals surface area contributed by atoms with Gasteiger partial charge in [-0.1, -0.05) is 24.3 Å². The summed E-state index contributed by atoms with van der Waals surface area (Å²) in [6, 6.07) is 8.56. The highest BCUT2D eigenvalue weighted by Crippen LogP contribution is 2.29. The number of ether oxygens (including phenoxy) is 1. The molecule has 1 aliphatic carbocycles. The summed E-state index contributed by atoms with van der Waals surface area (Å²) in [6.07, 6.45) is 3.22. The van der Waals surface area contributed by atoms with Gasteiger partial charge in [0.1, 0.15) is 0 Å². The summed E-state index contributed by atoms with van der Waals surface area (Å²) in [6.45, 7) is 0. The standard InChI is InChI=1S/C14H19NO2/c1-17-14(16)7-6-13(15)12-8-10-4-2-3-5-11(10)9-12/h2-5,12-13H,6-9,15H2,1H3. The molecule has 0 saturated heterocycles. The highest BCUT2D eigenvalue weighted by atomic mass is 16.5. The van der Waals surface area contributed by atoms with Crippen LogP contribution in [0.2, 0.25) is 0 Å². The van der Waals surface area contributed by atoms with Gasteiger partial charge in [0.05, 0.1) is 7.11 Å². The molecule has 1 atom stereocenters. The van der Waals surface area contributed by atoms with Crippen LogP contribution in [-0.4, -0.2) is 19.1 Å². The van der Waals surface area contributed by atoms with Crippen molar-refractivity contribution in [1.29, 1.82) is 0 Å². The monoisotopic (exact) mass is 233 g/mol.